The fourth-order valence-corrected chi connectivity index (χ4v) is 6.55. The van der Waals surface area contributed by atoms with Gasteiger partial charge in [0.05, 0.1) is 7.11 Å². The zero-order chi connectivity index (χ0) is 21.5. The van der Waals surface area contributed by atoms with Gasteiger partial charge in [-0.1, -0.05) is 0 Å². The number of ether oxygens (including phenoxy) is 1. The molecule has 0 radical (unpaired) electrons. The smallest absolute Gasteiger partial charge is 0.254 e. The van der Waals surface area contributed by atoms with Crippen molar-refractivity contribution in [2.75, 3.05) is 39.8 Å². The molecule has 2 amide bonds. The Labute approximate surface area is 185 Å². The summed E-state index contributed by atoms with van der Waals surface area (Å²) in [7, 11) is 1.65. The van der Waals surface area contributed by atoms with Crippen molar-refractivity contribution in [3.05, 3.63) is 29.3 Å². The highest BCUT2D eigenvalue weighted by atomic mass is 16.5. The molecule has 31 heavy (non-hydrogen) atoms. The van der Waals surface area contributed by atoms with Gasteiger partial charge in [0, 0.05) is 56.8 Å². The van der Waals surface area contributed by atoms with Gasteiger partial charge in [-0.15, -0.1) is 0 Å². The third-order valence-corrected chi connectivity index (χ3v) is 8.14. The van der Waals surface area contributed by atoms with Crippen molar-refractivity contribution < 1.29 is 14.3 Å². The van der Waals surface area contributed by atoms with Crippen LogP contribution in [0.5, 0.6) is 5.75 Å². The molecule has 4 aliphatic rings. The van der Waals surface area contributed by atoms with Crippen LogP contribution in [0.2, 0.25) is 0 Å². The summed E-state index contributed by atoms with van der Waals surface area (Å²) < 4.78 is 5.27. The number of nitrogens with zero attached hydrogens (tertiary/aromatic N) is 3. The number of likely N-dealkylation sites (tertiary alicyclic amines) is 2. The first-order valence-electron chi connectivity index (χ1n) is 12.0. The van der Waals surface area contributed by atoms with Crippen LogP contribution in [-0.4, -0.2) is 78.4 Å². The summed E-state index contributed by atoms with van der Waals surface area (Å²) in [5.74, 6) is 2.59. The maximum atomic E-state index is 13.1. The van der Waals surface area contributed by atoms with Crippen LogP contribution in [0, 0.1) is 18.8 Å². The largest absolute Gasteiger partial charge is 0.497 e. The predicted octanol–water partition coefficient (Wildman–Crippen LogP) is 2.94. The Morgan fingerprint density at radius 1 is 1.10 bits per heavy atom. The first kappa shape index (κ1) is 20.8. The molecule has 5 rings (SSSR count). The number of amides is 2. The van der Waals surface area contributed by atoms with Crippen molar-refractivity contribution in [2.24, 2.45) is 11.8 Å². The third-order valence-electron chi connectivity index (χ3n) is 8.14. The van der Waals surface area contributed by atoms with Crippen molar-refractivity contribution in [1.29, 1.82) is 0 Å². The molecule has 4 aliphatic heterocycles. The molecule has 0 saturated carbocycles. The molecule has 4 saturated heterocycles. The van der Waals surface area contributed by atoms with Crippen LogP contribution in [0.1, 0.15) is 54.4 Å². The third kappa shape index (κ3) is 3.95. The lowest BCUT2D eigenvalue weighted by Gasteiger charge is -2.54. The number of aryl methyl sites for hydroxylation is 1. The predicted molar refractivity (Wildman–Crippen MR) is 119 cm³/mol. The molecule has 1 aromatic carbocycles. The van der Waals surface area contributed by atoms with E-state index in [0.29, 0.717) is 29.8 Å². The normalized spacial score (nSPS) is 29.6. The van der Waals surface area contributed by atoms with E-state index in [1.54, 1.807) is 7.11 Å². The fraction of sp³-hybridized carbons (Fsp3) is 0.680. The fourth-order valence-electron chi connectivity index (χ4n) is 6.55. The van der Waals surface area contributed by atoms with E-state index in [9.17, 15) is 9.59 Å². The second-order valence-electron chi connectivity index (χ2n) is 10.0. The minimum atomic E-state index is 0.144. The molecule has 6 nitrogen and oxygen atoms in total. The van der Waals surface area contributed by atoms with Crippen LogP contribution >= 0.6 is 0 Å². The maximum absolute atomic E-state index is 13.1. The maximum Gasteiger partial charge on any atom is 0.254 e. The SMILES string of the molecule is COc1ccc(C(=O)N2CCC(N3CC4CC(C3)[C@H]3CCCC(=O)N3C4)CC2)c(C)c1. The molecular weight excluding hydrogens is 390 g/mol. The summed E-state index contributed by atoms with van der Waals surface area (Å²) >= 11 is 0. The molecule has 3 atom stereocenters. The van der Waals surface area contributed by atoms with Crippen molar-refractivity contribution in [3.8, 4) is 5.75 Å². The monoisotopic (exact) mass is 425 g/mol. The van der Waals surface area contributed by atoms with Gasteiger partial charge in [0.2, 0.25) is 5.91 Å². The minimum Gasteiger partial charge on any atom is -0.497 e. The molecule has 6 heteroatoms. The quantitative estimate of drug-likeness (QED) is 0.747. The highest BCUT2D eigenvalue weighted by Crippen LogP contribution is 2.39. The zero-order valence-electron chi connectivity index (χ0n) is 18.9. The number of carbonyl (C=O) groups excluding carboxylic acids is 2. The van der Waals surface area contributed by atoms with E-state index >= 15 is 0 Å². The molecule has 1 aromatic rings. The number of hydrogen-bond acceptors (Lipinski definition) is 4. The van der Waals surface area contributed by atoms with Crippen LogP contribution in [-0.2, 0) is 4.79 Å². The second kappa shape index (κ2) is 8.45. The summed E-state index contributed by atoms with van der Waals surface area (Å²) in [5.41, 5.74) is 1.76. The average Bonchev–Trinajstić information content (AvgIpc) is 2.79. The van der Waals surface area contributed by atoms with Crippen LogP contribution in [0.3, 0.4) is 0 Å². The van der Waals surface area contributed by atoms with E-state index in [2.05, 4.69) is 9.80 Å². The van der Waals surface area contributed by atoms with E-state index in [1.807, 2.05) is 30.0 Å². The first-order chi connectivity index (χ1) is 15.0. The molecule has 0 aromatic heterocycles. The Kier molecular flexibility index (Phi) is 5.67. The van der Waals surface area contributed by atoms with Crippen LogP contribution in [0.15, 0.2) is 18.2 Å². The van der Waals surface area contributed by atoms with Crippen molar-refractivity contribution in [2.45, 2.75) is 57.5 Å². The average molecular weight is 426 g/mol. The summed E-state index contributed by atoms with van der Waals surface area (Å²) in [6, 6.07) is 6.74. The van der Waals surface area contributed by atoms with E-state index in [4.69, 9.17) is 4.74 Å². The van der Waals surface area contributed by atoms with Gasteiger partial charge in [0.25, 0.3) is 5.91 Å². The van der Waals surface area contributed by atoms with Gasteiger partial charge in [-0.25, -0.2) is 0 Å². The second-order valence-corrected chi connectivity index (χ2v) is 10.0. The zero-order valence-corrected chi connectivity index (χ0v) is 18.9. The number of piperidine rings is 4. The molecule has 0 N–H and O–H groups in total. The minimum absolute atomic E-state index is 0.144. The summed E-state index contributed by atoms with van der Waals surface area (Å²) in [6.07, 6.45) is 6.39. The highest BCUT2D eigenvalue weighted by Gasteiger charge is 2.45. The Bertz CT molecular complexity index is 848. The van der Waals surface area contributed by atoms with Gasteiger partial charge in [-0.3, -0.25) is 14.5 Å². The first-order valence-corrected chi connectivity index (χ1v) is 12.0. The molecule has 4 heterocycles. The van der Waals surface area contributed by atoms with Gasteiger partial charge >= 0.3 is 0 Å². The van der Waals surface area contributed by atoms with Gasteiger partial charge in [-0.05, 0) is 74.6 Å². The lowest BCUT2D eigenvalue weighted by Crippen LogP contribution is -2.62. The molecule has 4 fully saturated rings. The van der Waals surface area contributed by atoms with E-state index in [0.717, 1.165) is 75.3 Å². The van der Waals surface area contributed by atoms with Crippen molar-refractivity contribution in [1.82, 2.24) is 14.7 Å². The molecule has 2 unspecified atom stereocenters. The van der Waals surface area contributed by atoms with E-state index in [1.165, 1.54) is 12.8 Å². The van der Waals surface area contributed by atoms with Gasteiger partial charge < -0.3 is 14.5 Å². The molecule has 0 spiro atoms. The Morgan fingerprint density at radius 3 is 2.65 bits per heavy atom. The Hall–Kier alpha value is -2.08. The number of methoxy groups -OCH3 is 1. The van der Waals surface area contributed by atoms with Gasteiger partial charge in [-0.2, -0.15) is 0 Å². The standard InChI is InChI=1S/C25H35N3O3/c1-17-12-21(31-2)6-7-22(17)25(30)26-10-8-20(9-11-26)27-14-18-13-19(16-27)23-4-3-5-24(29)28(23)15-18/h6-7,12,18-20,23H,3-5,8-11,13-16H2,1-2H3/t18?,19?,23-/m1/s1. The number of hydrogen-bond donors (Lipinski definition) is 0. The van der Waals surface area contributed by atoms with E-state index < -0.39 is 0 Å². The van der Waals surface area contributed by atoms with E-state index in [-0.39, 0.29) is 5.91 Å². The number of carbonyl (C=O) groups is 2. The number of fused-ring (bicyclic) bond motifs is 4. The van der Waals surface area contributed by atoms with Gasteiger partial charge in [0.15, 0.2) is 0 Å². The van der Waals surface area contributed by atoms with Crippen LogP contribution in [0.25, 0.3) is 0 Å². The number of rotatable bonds is 3. The molecule has 2 bridgehead atoms. The molecule has 168 valence electrons. The van der Waals surface area contributed by atoms with Crippen LogP contribution < -0.4 is 4.74 Å². The molecule has 0 aliphatic carbocycles. The van der Waals surface area contributed by atoms with Crippen molar-refractivity contribution >= 4 is 11.8 Å². The lowest BCUT2D eigenvalue weighted by molar-refractivity contribution is -0.145. The van der Waals surface area contributed by atoms with Gasteiger partial charge in [0.1, 0.15) is 5.75 Å². The highest BCUT2D eigenvalue weighted by molar-refractivity contribution is 5.95. The van der Waals surface area contributed by atoms with Crippen molar-refractivity contribution in [3.63, 3.8) is 0 Å². The summed E-state index contributed by atoms with van der Waals surface area (Å²) in [5, 5.41) is 0. The number of benzene rings is 1. The molecular formula is C25H35N3O3. The Morgan fingerprint density at radius 2 is 1.90 bits per heavy atom. The summed E-state index contributed by atoms with van der Waals surface area (Å²) in [4.78, 5) is 32.4. The lowest BCUT2D eigenvalue weighted by atomic mass is 9.75. The van der Waals surface area contributed by atoms with Crippen LogP contribution in [0.4, 0.5) is 0 Å². The Balaban J connectivity index is 1.19. The summed E-state index contributed by atoms with van der Waals surface area (Å²) in [6.45, 7) is 6.84. The topological polar surface area (TPSA) is 53.1 Å².